The quantitative estimate of drug-likeness (QED) is 0.541. The van der Waals surface area contributed by atoms with Crippen molar-refractivity contribution >= 4 is 33.0 Å². The van der Waals surface area contributed by atoms with Crippen molar-refractivity contribution < 1.29 is 17.9 Å². The first-order chi connectivity index (χ1) is 16.0. The van der Waals surface area contributed by atoms with Crippen molar-refractivity contribution in [2.75, 3.05) is 41.3 Å². The molecule has 1 heterocycles. The molecule has 1 saturated heterocycles. The van der Waals surface area contributed by atoms with Crippen molar-refractivity contribution in [2.45, 2.75) is 17.7 Å². The summed E-state index contributed by atoms with van der Waals surface area (Å²) in [5.74, 6) is 0.125. The van der Waals surface area contributed by atoms with Gasteiger partial charge in [0, 0.05) is 24.5 Å². The predicted molar refractivity (Wildman–Crippen MR) is 130 cm³/mol. The largest absolute Gasteiger partial charge is 0.497 e. The summed E-state index contributed by atoms with van der Waals surface area (Å²) in [5.41, 5.74) is 2.16. The second-order valence-electron chi connectivity index (χ2n) is 7.81. The molecule has 0 unspecified atom stereocenters. The summed E-state index contributed by atoms with van der Waals surface area (Å²) in [4.78, 5) is 15.3. The first-order valence-corrected chi connectivity index (χ1v) is 12.3. The van der Waals surface area contributed by atoms with Crippen LogP contribution in [0.2, 0.25) is 0 Å². The zero-order valence-electron chi connectivity index (χ0n) is 18.5. The highest BCUT2D eigenvalue weighted by atomic mass is 32.2. The third-order valence-corrected chi connectivity index (χ3v) is 7.39. The molecule has 4 rings (SSSR count). The van der Waals surface area contributed by atoms with E-state index in [2.05, 4.69) is 10.2 Å². The fraction of sp³-hybridized carbons (Fsp3) is 0.240. The summed E-state index contributed by atoms with van der Waals surface area (Å²) in [7, 11) is -2.46. The number of nitrogens with one attached hydrogen (secondary N) is 1. The van der Waals surface area contributed by atoms with Crippen molar-refractivity contribution in [3.05, 3.63) is 78.9 Å². The molecule has 172 valence electrons. The lowest BCUT2D eigenvalue weighted by Crippen LogP contribution is -2.38. The van der Waals surface area contributed by atoms with Gasteiger partial charge in [0.15, 0.2) is 0 Å². The van der Waals surface area contributed by atoms with E-state index in [4.69, 9.17) is 4.74 Å². The summed E-state index contributed by atoms with van der Waals surface area (Å²) in [6.07, 6.45) is 2.38. The number of para-hydroxylation sites is 1. The van der Waals surface area contributed by atoms with Gasteiger partial charge < -0.3 is 15.0 Å². The third-order valence-electron chi connectivity index (χ3n) is 5.60. The van der Waals surface area contributed by atoms with Crippen molar-refractivity contribution in [1.82, 2.24) is 0 Å². The van der Waals surface area contributed by atoms with Crippen molar-refractivity contribution in [3.63, 3.8) is 0 Å². The Hall–Kier alpha value is -3.52. The average Bonchev–Trinajstić information content (AvgIpc) is 3.38. The summed E-state index contributed by atoms with van der Waals surface area (Å²) < 4.78 is 33.1. The maximum Gasteiger partial charge on any atom is 0.264 e. The molecule has 3 aromatic rings. The van der Waals surface area contributed by atoms with Gasteiger partial charge in [-0.3, -0.25) is 9.10 Å². The van der Waals surface area contributed by atoms with Crippen LogP contribution in [0.4, 0.5) is 17.1 Å². The number of hydrogen-bond donors (Lipinski definition) is 1. The first kappa shape index (κ1) is 22.7. The second kappa shape index (κ2) is 9.95. The predicted octanol–water partition coefficient (Wildman–Crippen LogP) is 4.13. The Bertz CT molecular complexity index is 1170. The third kappa shape index (κ3) is 5.28. The van der Waals surface area contributed by atoms with Crippen LogP contribution in [0.25, 0.3) is 0 Å². The minimum absolute atomic E-state index is 0.0786. The number of amides is 1. The molecule has 1 amide bonds. The molecule has 1 aliphatic heterocycles. The number of carbonyl (C=O) groups is 1. The molecule has 0 aliphatic carbocycles. The number of carbonyl (C=O) groups excluding carboxylic acids is 1. The molecule has 0 saturated carbocycles. The van der Waals surface area contributed by atoms with E-state index in [1.165, 1.54) is 32.1 Å². The lowest BCUT2D eigenvalue weighted by Gasteiger charge is -2.24. The van der Waals surface area contributed by atoms with E-state index >= 15 is 0 Å². The highest BCUT2D eigenvalue weighted by Crippen LogP contribution is 2.26. The van der Waals surface area contributed by atoms with Crippen LogP contribution in [0, 0.1) is 0 Å². The summed E-state index contributed by atoms with van der Waals surface area (Å²) in [6, 6.07) is 22.3. The summed E-state index contributed by atoms with van der Waals surface area (Å²) in [5, 5.41) is 2.82. The van der Waals surface area contributed by atoms with Gasteiger partial charge >= 0.3 is 0 Å². The van der Waals surface area contributed by atoms with Gasteiger partial charge in [-0.05, 0) is 73.5 Å². The van der Waals surface area contributed by atoms with Crippen molar-refractivity contribution in [3.8, 4) is 5.75 Å². The molecule has 0 aromatic heterocycles. The van der Waals surface area contributed by atoms with Crippen LogP contribution in [0.3, 0.4) is 0 Å². The Morgan fingerprint density at radius 1 is 0.939 bits per heavy atom. The highest BCUT2D eigenvalue weighted by Gasteiger charge is 2.27. The van der Waals surface area contributed by atoms with Gasteiger partial charge in [-0.15, -0.1) is 0 Å². The molecule has 0 radical (unpaired) electrons. The van der Waals surface area contributed by atoms with Crippen LogP contribution in [-0.4, -0.2) is 41.1 Å². The number of hydrogen-bond acceptors (Lipinski definition) is 5. The van der Waals surface area contributed by atoms with E-state index in [0.717, 1.165) is 23.1 Å². The molecule has 1 N–H and O–H groups in total. The molecule has 1 fully saturated rings. The van der Waals surface area contributed by atoms with Gasteiger partial charge in [0.05, 0.1) is 17.7 Å². The standard InChI is InChI=1S/C25H27N3O4S/c1-32-23-13-15-24(16-14-23)33(30,31)28(22-7-3-2-4-8-22)19-25(29)26-20-9-11-21(12-10-20)27-17-5-6-18-27/h2-4,7-16H,5-6,17-19H2,1H3,(H,26,29). The van der Waals surface area contributed by atoms with Gasteiger partial charge in [-0.25, -0.2) is 8.42 Å². The van der Waals surface area contributed by atoms with E-state index < -0.39 is 15.9 Å². The number of ether oxygens (including phenoxy) is 1. The Balaban J connectivity index is 1.53. The SMILES string of the molecule is COc1ccc(S(=O)(=O)N(CC(=O)Nc2ccc(N3CCCC3)cc2)c2ccccc2)cc1. The molecule has 8 heteroatoms. The Morgan fingerprint density at radius 3 is 2.18 bits per heavy atom. The molecule has 7 nitrogen and oxygen atoms in total. The number of rotatable bonds is 8. The van der Waals surface area contributed by atoms with Crippen LogP contribution in [0.15, 0.2) is 83.8 Å². The topological polar surface area (TPSA) is 79.0 Å². The fourth-order valence-corrected chi connectivity index (χ4v) is 5.27. The minimum atomic E-state index is -3.97. The number of anilines is 3. The lowest BCUT2D eigenvalue weighted by molar-refractivity contribution is -0.114. The normalized spacial score (nSPS) is 13.5. The monoisotopic (exact) mass is 465 g/mol. The minimum Gasteiger partial charge on any atom is -0.497 e. The molecular weight excluding hydrogens is 438 g/mol. The number of benzene rings is 3. The van der Waals surface area contributed by atoms with E-state index in [1.807, 2.05) is 24.3 Å². The van der Waals surface area contributed by atoms with Gasteiger partial charge in [0.2, 0.25) is 5.91 Å². The number of sulfonamides is 1. The first-order valence-electron chi connectivity index (χ1n) is 10.8. The number of nitrogens with zero attached hydrogens (tertiary/aromatic N) is 2. The molecular formula is C25H27N3O4S. The van der Waals surface area contributed by atoms with Gasteiger partial charge in [-0.1, -0.05) is 18.2 Å². The van der Waals surface area contributed by atoms with E-state index in [9.17, 15) is 13.2 Å². The Kier molecular flexibility index (Phi) is 6.84. The maximum atomic E-state index is 13.4. The fourth-order valence-electron chi connectivity index (χ4n) is 3.85. The average molecular weight is 466 g/mol. The van der Waals surface area contributed by atoms with E-state index in [1.54, 1.807) is 42.5 Å². The smallest absolute Gasteiger partial charge is 0.264 e. The van der Waals surface area contributed by atoms with Crippen molar-refractivity contribution in [1.29, 1.82) is 0 Å². The summed E-state index contributed by atoms with van der Waals surface area (Å²) in [6.45, 7) is 1.73. The van der Waals surface area contributed by atoms with Crippen LogP contribution in [0.1, 0.15) is 12.8 Å². The van der Waals surface area contributed by atoms with Crippen LogP contribution in [0.5, 0.6) is 5.75 Å². The number of methoxy groups -OCH3 is 1. The molecule has 3 aromatic carbocycles. The Labute approximate surface area is 194 Å². The van der Waals surface area contributed by atoms with Gasteiger partial charge in [0.1, 0.15) is 12.3 Å². The van der Waals surface area contributed by atoms with E-state index in [-0.39, 0.29) is 11.4 Å². The summed E-state index contributed by atoms with van der Waals surface area (Å²) >= 11 is 0. The van der Waals surface area contributed by atoms with Crippen LogP contribution >= 0.6 is 0 Å². The molecule has 1 aliphatic rings. The van der Waals surface area contributed by atoms with Gasteiger partial charge in [0.25, 0.3) is 10.0 Å². The van der Waals surface area contributed by atoms with E-state index in [0.29, 0.717) is 17.1 Å². The molecule has 0 spiro atoms. The van der Waals surface area contributed by atoms with Crippen LogP contribution < -0.4 is 19.3 Å². The zero-order valence-corrected chi connectivity index (χ0v) is 19.3. The Morgan fingerprint density at radius 2 is 1.58 bits per heavy atom. The van der Waals surface area contributed by atoms with Crippen LogP contribution in [-0.2, 0) is 14.8 Å². The zero-order chi connectivity index (χ0) is 23.3. The molecule has 0 bridgehead atoms. The molecule has 33 heavy (non-hydrogen) atoms. The second-order valence-corrected chi connectivity index (χ2v) is 9.67. The maximum absolute atomic E-state index is 13.4. The highest BCUT2D eigenvalue weighted by molar-refractivity contribution is 7.92. The lowest BCUT2D eigenvalue weighted by atomic mass is 10.2. The molecule has 0 atom stereocenters. The van der Waals surface area contributed by atoms with Gasteiger partial charge in [-0.2, -0.15) is 0 Å². The van der Waals surface area contributed by atoms with Crippen molar-refractivity contribution in [2.24, 2.45) is 0 Å².